The quantitative estimate of drug-likeness (QED) is 0.724. The number of aryl methyl sites for hydroxylation is 1. The molecule has 3 rings (SSSR count). The molecule has 0 aliphatic rings. The molecular formula is C16H15F3N6. The maximum atomic E-state index is 13.5. The van der Waals surface area contributed by atoms with Crippen molar-refractivity contribution in [2.24, 2.45) is 0 Å². The summed E-state index contributed by atoms with van der Waals surface area (Å²) in [6.07, 6.45) is -3.52. The average Bonchev–Trinajstić information content (AvgIpc) is 3.03. The Morgan fingerprint density at radius 2 is 1.76 bits per heavy atom. The Hall–Kier alpha value is -2.84. The van der Waals surface area contributed by atoms with Crippen molar-refractivity contribution >= 4 is 0 Å². The summed E-state index contributed by atoms with van der Waals surface area (Å²) in [4.78, 5) is 7.74. The highest BCUT2D eigenvalue weighted by Gasteiger charge is 2.38. The lowest BCUT2D eigenvalue weighted by Crippen LogP contribution is -2.15. The predicted octanol–water partition coefficient (Wildman–Crippen LogP) is 3.57. The number of nitrogens with zero attached hydrogens (tertiary/aromatic N) is 6. The largest absolute Gasteiger partial charge is 0.434 e. The molecule has 25 heavy (non-hydrogen) atoms. The van der Waals surface area contributed by atoms with Gasteiger partial charge in [-0.25, -0.2) is 9.97 Å². The summed E-state index contributed by atoms with van der Waals surface area (Å²) in [5, 5.41) is 11.1. The van der Waals surface area contributed by atoms with E-state index in [1.165, 1.54) is 4.68 Å². The van der Waals surface area contributed by atoms with Crippen molar-refractivity contribution in [2.45, 2.75) is 32.9 Å². The van der Waals surface area contributed by atoms with Crippen LogP contribution in [0.25, 0.3) is 17.1 Å². The lowest BCUT2D eigenvalue weighted by Gasteiger charge is -2.14. The summed E-state index contributed by atoms with van der Waals surface area (Å²) in [5.41, 5.74) is 0.252. The number of hydrogen-bond donors (Lipinski definition) is 0. The second kappa shape index (κ2) is 6.23. The summed E-state index contributed by atoms with van der Waals surface area (Å²) < 4.78 is 41.7. The van der Waals surface area contributed by atoms with Gasteiger partial charge in [0.1, 0.15) is 5.82 Å². The molecular weight excluding hydrogens is 333 g/mol. The van der Waals surface area contributed by atoms with Crippen LogP contribution in [0, 0.1) is 6.92 Å². The molecule has 0 aliphatic heterocycles. The highest BCUT2D eigenvalue weighted by Crippen LogP contribution is 2.35. The van der Waals surface area contributed by atoms with Gasteiger partial charge in [-0.2, -0.15) is 17.9 Å². The summed E-state index contributed by atoms with van der Waals surface area (Å²) >= 11 is 0. The standard InChI is InChI=1S/C16H15F3N6/c1-9(2)14-20-8-12(13(21-14)16(17,18)19)15-22-23-24-25(15)11-6-4-10(3)5-7-11/h4-9H,1-3H3. The molecule has 130 valence electrons. The van der Waals surface area contributed by atoms with Crippen LogP contribution in [0.1, 0.15) is 36.8 Å². The molecule has 0 fully saturated rings. The molecule has 3 aromatic rings. The molecule has 0 saturated carbocycles. The Labute approximate surface area is 141 Å². The van der Waals surface area contributed by atoms with Gasteiger partial charge in [0.15, 0.2) is 11.5 Å². The zero-order valence-corrected chi connectivity index (χ0v) is 13.8. The van der Waals surface area contributed by atoms with Gasteiger partial charge in [0.2, 0.25) is 0 Å². The van der Waals surface area contributed by atoms with Crippen LogP contribution in [0.15, 0.2) is 30.5 Å². The first kappa shape index (κ1) is 17.0. The molecule has 0 spiro atoms. The van der Waals surface area contributed by atoms with Crippen molar-refractivity contribution in [1.82, 2.24) is 30.2 Å². The molecule has 0 bridgehead atoms. The maximum absolute atomic E-state index is 13.5. The molecule has 0 atom stereocenters. The second-order valence-corrected chi connectivity index (χ2v) is 5.89. The predicted molar refractivity (Wildman–Crippen MR) is 84.0 cm³/mol. The number of hydrogen-bond acceptors (Lipinski definition) is 5. The van der Waals surface area contributed by atoms with Crippen LogP contribution in [0.5, 0.6) is 0 Å². The van der Waals surface area contributed by atoms with E-state index in [1.807, 2.05) is 19.1 Å². The molecule has 1 aromatic carbocycles. The first-order chi connectivity index (χ1) is 11.8. The SMILES string of the molecule is Cc1ccc(-n2nnnc2-c2cnc(C(C)C)nc2C(F)(F)F)cc1. The Kier molecular flexibility index (Phi) is 4.23. The van der Waals surface area contributed by atoms with E-state index in [0.717, 1.165) is 11.8 Å². The van der Waals surface area contributed by atoms with Gasteiger partial charge in [0.05, 0.1) is 11.3 Å². The van der Waals surface area contributed by atoms with Gasteiger partial charge in [-0.05, 0) is 29.5 Å². The van der Waals surface area contributed by atoms with Crippen LogP contribution in [-0.4, -0.2) is 30.2 Å². The summed E-state index contributed by atoms with van der Waals surface area (Å²) in [6.45, 7) is 5.36. The third kappa shape index (κ3) is 3.35. The first-order valence-electron chi connectivity index (χ1n) is 7.57. The van der Waals surface area contributed by atoms with E-state index in [1.54, 1.807) is 26.0 Å². The molecule has 0 radical (unpaired) electrons. The second-order valence-electron chi connectivity index (χ2n) is 5.89. The molecule has 9 heteroatoms. The van der Waals surface area contributed by atoms with Gasteiger partial charge in [0, 0.05) is 12.1 Å². The molecule has 0 saturated heterocycles. The molecule has 0 N–H and O–H groups in total. The molecule has 0 amide bonds. The van der Waals surface area contributed by atoms with E-state index < -0.39 is 11.9 Å². The Morgan fingerprint density at radius 1 is 1.08 bits per heavy atom. The molecule has 2 aromatic heterocycles. The minimum atomic E-state index is -4.65. The lowest BCUT2D eigenvalue weighted by atomic mass is 10.1. The fourth-order valence-electron chi connectivity index (χ4n) is 2.27. The summed E-state index contributed by atoms with van der Waals surface area (Å²) in [7, 11) is 0. The number of alkyl halides is 3. The summed E-state index contributed by atoms with van der Waals surface area (Å²) in [5.74, 6) is -0.180. The fraction of sp³-hybridized carbons (Fsp3) is 0.312. The Morgan fingerprint density at radius 3 is 2.36 bits per heavy atom. The van der Waals surface area contributed by atoms with Crippen molar-refractivity contribution in [3.63, 3.8) is 0 Å². The van der Waals surface area contributed by atoms with Crippen LogP contribution in [-0.2, 0) is 6.18 Å². The highest BCUT2D eigenvalue weighted by molar-refractivity contribution is 5.60. The molecule has 0 aliphatic carbocycles. The summed E-state index contributed by atoms with van der Waals surface area (Å²) in [6, 6.07) is 7.10. The van der Waals surface area contributed by atoms with E-state index in [2.05, 4.69) is 25.5 Å². The third-order valence-corrected chi connectivity index (χ3v) is 3.58. The Balaban J connectivity index is 2.18. The maximum Gasteiger partial charge on any atom is 0.434 e. The number of aromatic nitrogens is 6. The van der Waals surface area contributed by atoms with Gasteiger partial charge < -0.3 is 0 Å². The van der Waals surface area contributed by atoms with Crippen molar-refractivity contribution < 1.29 is 13.2 Å². The van der Waals surface area contributed by atoms with E-state index >= 15 is 0 Å². The minimum Gasteiger partial charge on any atom is -0.240 e. The topological polar surface area (TPSA) is 69.4 Å². The number of halogens is 3. The van der Waals surface area contributed by atoms with Crippen LogP contribution < -0.4 is 0 Å². The lowest BCUT2D eigenvalue weighted by molar-refractivity contribution is -0.140. The minimum absolute atomic E-state index is 0.0634. The molecule has 6 nitrogen and oxygen atoms in total. The van der Waals surface area contributed by atoms with Crippen molar-refractivity contribution in [3.8, 4) is 17.1 Å². The van der Waals surface area contributed by atoms with E-state index in [9.17, 15) is 13.2 Å². The average molecular weight is 348 g/mol. The Bertz CT molecular complexity index is 884. The van der Waals surface area contributed by atoms with Crippen LogP contribution in [0.3, 0.4) is 0 Å². The van der Waals surface area contributed by atoms with Crippen LogP contribution in [0.2, 0.25) is 0 Å². The van der Waals surface area contributed by atoms with E-state index in [-0.39, 0.29) is 23.1 Å². The first-order valence-corrected chi connectivity index (χ1v) is 7.57. The van der Waals surface area contributed by atoms with E-state index in [0.29, 0.717) is 5.69 Å². The normalized spacial score (nSPS) is 12.0. The number of benzene rings is 1. The van der Waals surface area contributed by atoms with Gasteiger partial charge in [0.25, 0.3) is 0 Å². The van der Waals surface area contributed by atoms with Crippen molar-refractivity contribution in [3.05, 3.63) is 47.5 Å². The zero-order valence-electron chi connectivity index (χ0n) is 13.8. The fourth-order valence-corrected chi connectivity index (χ4v) is 2.27. The van der Waals surface area contributed by atoms with Crippen molar-refractivity contribution in [1.29, 1.82) is 0 Å². The van der Waals surface area contributed by atoms with E-state index in [4.69, 9.17) is 0 Å². The smallest absolute Gasteiger partial charge is 0.240 e. The third-order valence-electron chi connectivity index (χ3n) is 3.58. The molecule has 0 unspecified atom stereocenters. The highest BCUT2D eigenvalue weighted by atomic mass is 19.4. The monoisotopic (exact) mass is 348 g/mol. The van der Waals surface area contributed by atoms with Crippen molar-refractivity contribution in [2.75, 3.05) is 0 Å². The van der Waals surface area contributed by atoms with Gasteiger partial charge in [-0.15, -0.1) is 5.10 Å². The number of rotatable bonds is 3. The van der Waals surface area contributed by atoms with Crippen LogP contribution >= 0.6 is 0 Å². The zero-order chi connectivity index (χ0) is 18.2. The van der Waals surface area contributed by atoms with Gasteiger partial charge in [-0.3, -0.25) is 0 Å². The van der Waals surface area contributed by atoms with Crippen LogP contribution in [0.4, 0.5) is 13.2 Å². The molecule has 2 heterocycles. The van der Waals surface area contributed by atoms with Gasteiger partial charge >= 0.3 is 6.18 Å². The number of tetrazole rings is 1. The van der Waals surface area contributed by atoms with Gasteiger partial charge in [-0.1, -0.05) is 31.5 Å².